The summed E-state index contributed by atoms with van der Waals surface area (Å²) in [7, 11) is -6.68. The van der Waals surface area contributed by atoms with Gasteiger partial charge in [0.2, 0.25) is 20.0 Å². The van der Waals surface area contributed by atoms with Crippen molar-refractivity contribution in [1.29, 1.82) is 0 Å². The molecule has 352 valence electrons. The first-order valence-electron chi connectivity index (χ1n) is 20.5. The number of hydrogen-bond acceptors (Lipinski definition) is 14. The quantitative estimate of drug-likeness (QED) is 0.157. The first-order valence-corrected chi connectivity index (χ1v) is 24.3. The van der Waals surface area contributed by atoms with E-state index in [9.17, 15) is 26.7 Å². The van der Waals surface area contributed by atoms with E-state index in [1.165, 1.54) is 0 Å². The molecule has 4 aliphatic heterocycles. The number of amides is 1. The molecule has 2 spiro atoms. The zero-order valence-electron chi connectivity index (χ0n) is 36.4. The number of likely N-dealkylation sites (tertiary alicyclic amines) is 2. The first-order chi connectivity index (χ1) is 28.2. The lowest BCUT2D eigenvalue weighted by molar-refractivity contribution is -0.0566. The molecule has 0 bridgehead atoms. The maximum absolute atomic E-state index is 11.6. The Morgan fingerprint density at radius 1 is 0.823 bits per heavy atom. The number of carbonyl (C=O) groups excluding carboxylic acids is 1. The predicted molar refractivity (Wildman–Crippen MR) is 246 cm³/mol. The second-order valence-corrected chi connectivity index (χ2v) is 20.4. The summed E-state index contributed by atoms with van der Waals surface area (Å²) in [6.07, 6.45) is 9.11. The average Bonchev–Trinajstić information content (AvgIpc) is 3.15. The summed E-state index contributed by atoms with van der Waals surface area (Å²) < 4.78 is 79.5. The minimum Gasteiger partial charge on any atom is -0.487 e. The molecule has 2 aromatic carbocycles. The van der Waals surface area contributed by atoms with Crippen molar-refractivity contribution in [2.24, 2.45) is 5.73 Å². The Hall–Kier alpha value is -3.11. The molecule has 6 rings (SSSR count). The Balaban J connectivity index is 0.000000330. The fourth-order valence-electron chi connectivity index (χ4n) is 7.59. The summed E-state index contributed by atoms with van der Waals surface area (Å²) in [4.78, 5) is 16.3. The maximum atomic E-state index is 11.6. The summed E-state index contributed by atoms with van der Waals surface area (Å²) in [6, 6.07) is 10.4. The SMILES string of the molecule is CC(C)(C)OC(=O)NCCOCCN1CCC2(CC1)C[C@@H](O)c1cc(NS(C)(=O)=O)ccc1O2.CS(=O)(=O)Nc1ccc2c(c1)C=CC1(CCN(CCOCCN)CC1)O2.Cl.Cl. The van der Waals surface area contributed by atoms with E-state index in [2.05, 4.69) is 30.6 Å². The fraction of sp³-hybridized carbons (Fsp3) is 0.634. The zero-order valence-corrected chi connectivity index (χ0v) is 39.6. The molecule has 21 heteroatoms. The largest absolute Gasteiger partial charge is 0.487 e. The van der Waals surface area contributed by atoms with Gasteiger partial charge in [0.15, 0.2) is 0 Å². The monoisotopic (exact) mass is 952 g/mol. The molecule has 0 unspecified atom stereocenters. The summed E-state index contributed by atoms with van der Waals surface area (Å²) in [5.74, 6) is 1.40. The highest BCUT2D eigenvalue weighted by Gasteiger charge is 2.43. The standard InChI is InChI=1S/C23H37N3O7S.C18H27N3O4S.2ClH/c1-22(2,3)33-21(28)24-9-13-31-14-12-26-10-7-23(8-11-26)16-19(27)18-15-17(25-34(4,29)30)5-6-20(18)32-23;1-26(22,23)20-16-2-3-17-15(14-16)4-5-18(25-17)6-9-21(10-7-18)11-13-24-12-8-19;;/h5-6,15,19,25,27H,7-14,16H2,1-4H3,(H,24,28);2-5,14,20H,6-13,19H2,1H3;2*1H/t19-;;;/m1.../s1. The second kappa shape index (κ2) is 23.2. The minimum absolute atomic E-state index is 0. The summed E-state index contributed by atoms with van der Waals surface area (Å²) in [5.41, 5.74) is 6.66. The van der Waals surface area contributed by atoms with Crippen molar-refractivity contribution in [3.8, 4) is 11.5 Å². The third-order valence-electron chi connectivity index (χ3n) is 10.5. The van der Waals surface area contributed by atoms with Gasteiger partial charge in [0, 0.05) is 94.1 Å². The summed E-state index contributed by atoms with van der Waals surface area (Å²) >= 11 is 0. The number of anilines is 2. The number of fused-ring (bicyclic) bond motifs is 2. The third-order valence-corrected chi connectivity index (χ3v) is 11.7. The van der Waals surface area contributed by atoms with E-state index in [1.54, 1.807) is 30.3 Å². The lowest BCUT2D eigenvalue weighted by Crippen LogP contribution is -2.51. The van der Waals surface area contributed by atoms with Gasteiger partial charge < -0.3 is 49.6 Å². The maximum Gasteiger partial charge on any atom is 0.407 e. The van der Waals surface area contributed by atoms with Gasteiger partial charge in [-0.15, -0.1) is 24.8 Å². The number of benzene rings is 2. The van der Waals surface area contributed by atoms with E-state index in [0.717, 1.165) is 88.8 Å². The number of nitrogens with one attached hydrogen (secondary N) is 3. The number of carbonyl (C=O) groups is 1. The highest BCUT2D eigenvalue weighted by atomic mass is 35.5. The van der Waals surface area contributed by atoms with Crippen molar-refractivity contribution in [1.82, 2.24) is 15.1 Å². The molecule has 17 nitrogen and oxygen atoms in total. The van der Waals surface area contributed by atoms with Gasteiger partial charge in [-0.3, -0.25) is 9.44 Å². The van der Waals surface area contributed by atoms with E-state index in [4.69, 9.17) is 29.4 Å². The van der Waals surface area contributed by atoms with Crippen molar-refractivity contribution in [3.05, 3.63) is 53.6 Å². The molecular weight excluding hydrogens is 888 g/mol. The smallest absolute Gasteiger partial charge is 0.407 e. The topological polar surface area (TPSA) is 220 Å². The zero-order chi connectivity index (χ0) is 43.6. The van der Waals surface area contributed by atoms with Crippen LogP contribution in [0.4, 0.5) is 16.2 Å². The summed E-state index contributed by atoms with van der Waals surface area (Å²) in [6.45, 7) is 14.0. The highest BCUT2D eigenvalue weighted by Crippen LogP contribution is 2.45. The van der Waals surface area contributed by atoms with Crippen molar-refractivity contribution in [2.45, 2.75) is 75.8 Å². The molecule has 0 saturated carbocycles. The Labute approximate surface area is 379 Å². The number of alkyl carbamates (subject to hydrolysis) is 1. The van der Waals surface area contributed by atoms with Crippen molar-refractivity contribution in [3.63, 3.8) is 0 Å². The number of nitrogens with two attached hydrogens (primary N) is 1. The van der Waals surface area contributed by atoms with Crippen LogP contribution in [-0.2, 0) is 34.3 Å². The molecule has 0 radical (unpaired) electrons. The van der Waals surface area contributed by atoms with Gasteiger partial charge in [-0.05, 0) is 76.1 Å². The van der Waals surface area contributed by atoms with E-state index in [0.29, 0.717) is 68.6 Å². The molecule has 0 aromatic heterocycles. The number of rotatable bonds is 15. The van der Waals surface area contributed by atoms with Crippen LogP contribution in [0.25, 0.3) is 6.08 Å². The van der Waals surface area contributed by atoms with Crippen LogP contribution in [0.15, 0.2) is 42.5 Å². The molecule has 4 heterocycles. The van der Waals surface area contributed by atoms with Crippen LogP contribution in [0.2, 0.25) is 0 Å². The Kier molecular flexibility index (Phi) is 19.9. The first kappa shape index (κ1) is 53.2. The van der Waals surface area contributed by atoms with E-state index < -0.39 is 43.4 Å². The molecule has 2 aromatic rings. The van der Waals surface area contributed by atoms with Crippen LogP contribution in [-0.4, -0.2) is 146 Å². The second-order valence-electron chi connectivity index (χ2n) is 16.9. The van der Waals surface area contributed by atoms with Gasteiger partial charge >= 0.3 is 6.09 Å². The normalized spacial score (nSPS) is 19.2. The molecule has 2 saturated heterocycles. The van der Waals surface area contributed by atoms with Gasteiger partial charge in [0.25, 0.3) is 0 Å². The molecule has 0 aliphatic carbocycles. The van der Waals surface area contributed by atoms with Crippen molar-refractivity contribution in [2.75, 3.05) is 101 Å². The van der Waals surface area contributed by atoms with Gasteiger partial charge in [-0.2, -0.15) is 0 Å². The van der Waals surface area contributed by atoms with E-state index in [-0.39, 0.29) is 30.4 Å². The molecule has 1 amide bonds. The number of halogens is 2. The lowest BCUT2D eigenvalue weighted by atomic mass is 9.81. The molecule has 1 atom stereocenters. The van der Waals surface area contributed by atoms with Crippen LogP contribution in [0.5, 0.6) is 11.5 Å². The summed E-state index contributed by atoms with van der Waals surface area (Å²) in [5, 5.41) is 13.4. The van der Waals surface area contributed by atoms with Crippen LogP contribution in [0.1, 0.15) is 70.1 Å². The van der Waals surface area contributed by atoms with Gasteiger partial charge in [0.05, 0.1) is 45.0 Å². The van der Waals surface area contributed by atoms with Crippen LogP contribution >= 0.6 is 24.8 Å². The van der Waals surface area contributed by atoms with Gasteiger partial charge in [-0.25, -0.2) is 21.6 Å². The van der Waals surface area contributed by atoms with Crippen molar-refractivity contribution >= 4 is 68.4 Å². The van der Waals surface area contributed by atoms with Crippen LogP contribution in [0.3, 0.4) is 0 Å². The predicted octanol–water partition coefficient (Wildman–Crippen LogP) is 4.37. The van der Waals surface area contributed by atoms with Crippen LogP contribution < -0.4 is 30.0 Å². The highest BCUT2D eigenvalue weighted by molar-refractivity contribution is 7.92. The number of ether oxygens (including phenoxy) is 5. The lowest BCUT2D eigenvalue weighted by Gasteiger charge is -2.46. The number of piperidine rings is 2. The average molecular weight is 954 g/mol. The molecular formula is C41H66Cl2N6O11S2. The number of hydrogen-bond donors (Lipinski definition) is 5. The van der Waals surface area contributed by atoms with Crippen molar-refractivity contribution < 1.29 is 50.4 Å². The Morgan fingerprint density at radius 3 is 1.94 bits per heavy atom. The molecule has 62 heavy (non-hydrogen) atoms. The van der Waals surface area contributed by atoms with E-state index in [1.807, 2.05) is 32.9 Å². The number of aliphatic hydroxyl groups excluding tert-OH is 1. The third kappa shape index (κ3) is 17.1. The number of sulfonamides is 2. The molecule has 2 fully saturated rings. The molecule has 6 N–H and O–H groups in total. The fourth-order valence-corrected chi connectivity index (χ4v) is 8.70. The van der Waals surface area contributed by atoms with Gasteiger partial charge in [0.1, 0.15) is 28.3 Å². The minimum atomic E-state index is -3.39. The Bertz CT molecular complexity index is 2010. The van der Waals surface area contributed by atoms with Crippen LogP contribution in [0, 0.1) is 0 Å². The van der Waals surface area contributed by atoms with Gasteiger partial charge in [-0.1, -0.05) is 6.08 Å². The van der Waals surface area contributed by atoms with E-state index >= 15 is 0 Å². The Morgan fingerprint density at radius 2 is 1.37 bits per heavy atom. The number of nitrogens with zero attached hydrogens (tertiary/aromatic N) is 2. The number of aliphatic hydroxyl groups is 1. The molecule has 4 aliphatic rings.